The van der Waals surface area contributed by atoms with Crippen LogP contribution in [-0.4, -0.2) is 25.4 Å². The zero-order valence-corrected chi connectivity index (χ0v) is 13.3. The van der Waals surface area contributed by atoms with Crippen LogP contribution >= 0.6 is 0 Å². The molecule has 4 heteroatoms. The number of para-hydroxylation sites is 1. The molecule has 0 bridgehead atoms. The van der Waals surface area contributed by atoms with Gasteiger partial charge in [0.15, 0.2) is 0 Å². The van der Waals surface area contributed by atoms with Gasteiger partial charge < -0.3 is 19.9 Å². The molecule has 0 radical (unpaired) electrons. The van der Waals surface area contributed by atoms with Gasteiger partial charge in [-0.2, -0.15) is 0 Å². The molecule has 118 valence electrons. The maximum Gasteiger partial charge on any atom is 0.124 e. The second kappa shape index (κ2) is 7.71. The van der Waals surface area contributed by atoms with Crippen LogP contribution in [-0.2, 0) is 13.0 Å². The van der Waals surface area contributed by atoms with Gasteiger partial charge >= 0.3 is 0 Å². The first-order chi connectivity index (χ1) is 10.7. The third-order valence-electron chi connectivity index (χ3n) is 3.58. The standard InChI is InChI=1S/C18H23NO3/c1-13(10-14-6-4-5-7-17(14)21-2)19-16-8-9-18(22-3)15(11-16)12-20/h4-9,11,13,19-20H,10,12H2,1-3H3. The summed E-state index contributed by atoms with van der Waals surface area (Å²) < 4.78 is 10.6. The van der Waals surface area contributed by atoms with E-state index in [4.69, 9.17) is 9.47 Å². The number of ether oxygens (including phenoxy) is 2. The van der Waals surface area contributed by atoms with Gasteiger partial charge in [0.1, 0.15) is 11.5 Å². The van der Waals surface area contributed by atoms with Gasteiger partial charge in [-0.15, -0.1) is 0 Å². The molecular formula is C18H23NO3. The topological polar surface area (TPSA) is 50.7 Å². The van der Waals surface area contributed by atoms with Crippen LogP contribution in [0.3, 0.4) is 0 Å². The Kier molecular flexibility index (Phi) is 5.67. The van der Waals surface area contributed by atoms with Crippen molar-refractivity contribution in [2.45, 2.75) is 26.0 Å². The third kappa shape index (κ3) is 3.92. The number of nitrogens with one attached hydrogen (secondary N) is 1. The lowest BCUT2D eigenvalue weighted by molar-refractivity contribution is 0.274. The lowest BCUT2D eigenvalue weighted by Crippen LogP contribution is -2.18. The molecule has 0 aliphatic carbocycles. The van der Waals surface area contributed by atoms with Gasteiger partial charge in [-0.05, 0) is 43.2 Å². The number of hydrogen-bond donors (Lipinski definition) is 2. The predicted octanol–water partition coefficient (Wildman–Crippen LogP) is 3.24. The Hall–Kier alpha value is -2.20. The Morgan fingerprint density at radius 3 is 2.36 bits per heavy atom. The minimum atomic E-state index is -0.0421. The fraction of sp³-hybridized carbons (Fsp3) is 0.333. The molecule has 4 nitrogen and oxygen atoms in total. The van der Waals surface area contributed by atoms with E-state index in [2.05, 4.69) is 18.3 Å². The third-order valence-corrected chi connectivity index (χ3v) is 3.58. The average Bonchev–Trinajstić information content (AvgIpc) is 2.55. The summed E-state index contributed by atoms with van der Waals surface area (Å²) in [5, 5.41) is 12.8. The normalized spacial score (nSPS) is 11.8. The first kappa shape index (κ1) is 16.2. The molecule has 0 spiro atoms. The molecule has 0 saturated carbocycles. The molecule has 0 aliphatic rings. The molecule has 0 saturated heterocycles. The van der Waals surface area contributed by atoms with E-state index in [1.54, 1.807) is 14.2 Å². The highest BCUT2D eigenvalue weighted by Crippen LogP contribution is 2.24. The molecule has 0 aliphatic heterocycles. The van der Waals surface area contributed by atoms with E-state index in [1.807, 2.05) is 36.4 Å². The van der Waals surface area contributed by atoms with Gasteiger partial charge in [-0.25, -0.2) is 0 Å². The van der Waals surface area contributed by atoms with Crippen molar-refractivity contribution < 1.29 is 14.6 Å². The summed E-state index contributed by atoms with van der Waals surface area (Å²) in [7, 11) is 3.29. The molecule has 2 N–H and O–H groups in total. The van der Waals surface area contributed by atoms with Crippen molar-refractivity contribution in [3.63, 3.8) is 0 Å². The van der Waals surface area contributed by atoms with Crippen LogP contribution in [0.25, 0.3) is 0 Å². The van der Waals surface area contributed by atoms with Crippen molar-refractivity contribution in [1.82, 2.24) is 0 Å². The maximum absolute atomic E-state index is 9.39. The quantitative estimate of drug-likeness (QED) is 0.824. The second-order valence-corrected chi connectivity index (χ2v) is 5.25. The summed E-state index contributed by atoms with van der Waals surface area (Å²) in [6, 6.07) is 14.0. The molecule has 22 heavy (non-hydrogen) atoms. The summed E-state index contributed by atoms with van der Waals surface area (Å²) in [6.07, 6.45) is 0.852. The Balaban J connectivity index is 2.07. The van der Waals surface area contributed by atoms with Gasteiger partial charge in [0.2, 0.25) is 0 Å². The zero-order valence-electron chi connectivity index (χ0n) is 13.3. The molecule has 1 atom stereocenters. The smallest absolute Gasteiger partial charge is 0.124 e. The molecule has 2 aromatic carbocycles. The lowest BCUT2D eigenvalue weighted by atomic mass is 10.1. The number of methoxy groups -OCH3 is 2. The SMILES string of the molecule is COc1ccc(NC(C)Cc2ccccc2OC)cc1CO. The fourth-order valence-corrected chi connectivity index (χ4v) is 2.53. The van der Waals surface area contributed by atoms with Crippen molar-refractivity contribution in [2.24, 2.45) is 0 Å². The van der Waals surface area contributed by atoms with E-state index >= 15 is 0 Å². The van der Waals surface area contributed by atoms with Crippen LogP contribution in [0.5, 0.6) is 11.5 Å². The molecular weight excluding hydrogens is 278 g/mol. The van der Waals surface area contributed by atoms with E-state index in [0.29, 0.717) is 5.75 Å². The number of anilines is 1. The van der Waals surface area contributed by atoms with Gasteiger partial charge in [-0.1, -0.05) is 18.2 Å². The molecule has 0 aromatic heterocycles. The van der Waals surface area contributed by atoms with Crippen LogP contribution in [0.15, 0.2) is 42.5 Å². The number of benzene rings is 2. The van der Waals surface area contributed by atoms with E-state index in [9.17, 15) is 5.11 Å². The summed E-state index contributed by atoms with van der Waals surface area (Å²) in [6.45, 7) is 2.08. The lowest BCUT2D eigenvalue weighted by Gasteiger charge is -2.18. The van der Waals surface area contributed by atoms with Crippen molar-refractivity contribution in [3.8, 4) is 11.5 Å². The largest absolute Gasteiger partial charge is 0.496 e. The molecule has 1 unspecified atom stereocenters. The Labute approximate surface area is 131 Å². The Morgan fingerprint density at radius 2 is 1.68 bits per heavy atom. The highest BCUT2D eigenvalue weighted by Gasteiger charge is 2.09. The average molecular weight is 301 g/mol. The maximum atomic E-state index is 9.39. The van der Waals surface area contributed by atoms with Crippen LogP contribution in [0.1, 0.15) is 18.1 Å². The van der Waals surface area contributed by atoms with E-state index in [1.165, 1.54) is 5.56 Å². The first-order valence-corrected chi connectivity index (χ1v) is 7.34. The number of hydrogen-bond acceptors (Lipinski definition) is 4. The van der Waals surface area contributed by atoms with E-state index in [-0.39, 0.29) is 12.6 Å². The molecule has 2 aromatic rings. The molecule has 0 amide bonds. The second-order valence-electron chi connectivity index (χ2n) is 5.25. The Morgan fingerprint density at radius 1 is 1.00 bits per heavy atom. The number of aliphatic hydroxyl groups excluding tert-OH is 1. The van der Waals surface area contributed by atoms with Crippen molar-refractivity contribution >= 4 is 5.69 Å². The fourth-order valence-electron chi connectivity index (χ4n) is 2.53. The van der Waals surface area contributed by atoms with E-state index < -0.39 is 0 Å². The summed E-state index contributed by atoms with van der Waals surface area (Å²) in [4.78, 5) is 0. The number of aliphatic hydroxyl groups is 1. The predicted molar refractivity (Wildman–Crippen MR) is 88.7 cm³/mol. The summed E-state index contributed by atoms with van der Waals surface area (Å²) in [5.41, 5.74) is 2.91. The van der Waals surface area contributed by atoms with Crippen LogP contribution in [0.4, 0.5) is 5.69 Å². The molecule has 2 rings (SSSR count). The van der Waals surface area contributed by atoms with Gasteiger partial charge in [0, 0.05) is 17.3 Å². The zero-order chi connectivity index (χ0) is 15.9. The van der Waals surface area contributed by atoms with E-state index in [0.717, 1.165) is 23.4 Å². The first-order valence-electron chi connectivity index (χ1n) is 7.34. The summed E-state index contributed by atoms with van der Waals surface area (Å²) in [5.74, 6) is 1.60. The van der Waals surface area contributed by atoms with Crippen molar-refractivity contribution in [3.05, 3.63) is 53.6 Å². The highest BCUT2D eigenvalue weighted by molar-refractivity contribution is 5.52. The van der Waals surface area contributed by atoms with Crippen LogP contribution in [0.2, 0.25) is 0 Å². The van der Waals surface area contributed by atoms with Gasteiger partial charge in [0.05, 0.1) is 20.8 Å². The van der Waals surface area contributed by atoms with Crippen LogP contribution < -0.4 is 14.8 Å². The van der Waals surface area contributed by atoms with Crippen molar-refractivity contribution in [2.75, 3.05) is 19.5 Å². The monoisotopic (exact) mass is 301 g/mol. The minimum absolute atomic E-state index is 0.0421. The Bertz CT molecular complexity index is 613. The minimum Gasteiger partial charge on any atom is -0.496 e. The highest BCUT2D eigenvalue weighted by atomic mass is 16.5. The van der Waals surface area contributed by atoms with Gasteiger partial charge in [-0.3, -0.25) is 0 Å². The van der Waals surface area contributed by atoms with Crippen molar-refractivity contribution in [1.29, 1.82) is 0 Å². The molecule has 0 fully saturated rings. The van der Waals surface area contributed by atoms with Crippen LogP contribution in [0, 0.1) is 0 Å². The molecule has 0 heterocycles. The summed E-state index contributed by atoms with van der Waals surface area (Å²) >= 11 is 0. The van der Waals surface area contributed by atoms with Gasteiger partial charge in [0.25, 0.3) is 0 Å². The number of rotatable bonds is 7.